The molecule has 0 amide bonds. The van der Waals surface area contributed by atoms with Gasteiger partial charge in [0, 0.05) is 10.4 Å². The van der Waals surface area contributed by atoms with Crippen LogP contribution in [0.4, 0.5) is 0 Å². The van der Waals surface area contributed by atoms with E-state index in [1.807, 2.05) is 18.2 Å². The van der Waals surface area contributed by atoms with Crippen LogP contribution in [-0.2, 0) is 0 Å². The van der Waals surface area contributed by atoms with E-state index in [4.69, 9.17) is 11.6 Å². The first kappa shape index (κ1) is 20.1. The Labute approximate surface area is 180 Å². The van der Waals surface area contributed by atoms with E-state index >= 15 is 0 Å². The van der Waals surface area contributed by atoms with Gasteiger partial charge in [-0.1, -0.05) is 49.7 Å². The fraction of sp³-hybridized carbons (Fsp3) is 0.692. The van der Waals surface area contributed by atoms with Crippen LogP contribution in [0.5, 0.6) is 0 Å². The number of aliphatic hydroxyl groups excluding tert-OH is 2. The molecule has 4 saturated carbocycles. The molecule has 8 unspecified atom stereocenters. The summed E-state index contributed by atoms with van der Waals surface area (Å²) in [5, 5.41) is 22.4. The predicted octanol–water partition coefficient (Wildman–Crippen LogP) is 6.10. The lowest BCUT2D eigenvalue weighted by Crippen LogP contribution is -2.54. The Morgan fingerprint density at radius 1 is 0.966 bits per heavy atom. The van der Waals surface area contributed by atoms with Gasteiger partial charge in [-0.25, -0.2) is 0 Å². The summed E-state index contributed by atoms with van der Waals surface area (Å²) in [6, 6.07) is 7.96. The van der Waals surface area contributed by atoms with Crippen molar-refractivity contribution in [3.63, 3.8) is 0 Å². The highest BCUT2D eigenvalue weighted by molar-refractivity contribution is 6.32. The van der Waals surface area contributed by atoms with Crippen molar-refractivity contribution >= 4 is 17.7 Å². The minimum Gasteiger partial charge on any atom is -0.393 e. The molecule has 4 fully saturated rings. The van der Waals surface area contributed by atoms with Gasteiger partial charge in [0.15, 0.2) is 0 Å². The molecular weight excluding hydrogens is 380 g/mol. The second-order valence-electron chi connectivity index (χ2n) is 11.0. The molecule has 2 N–H and O–H groups in total. The van der Waals surface area contributed by atoms with Gasteiger partial charge in [-0.3, -0.25) is 0 Å². The van der Waals surface area contributed by atoms with Crippen molar-refractivity contribution in [3.8, 4) is 0 Å². The summed E-state index contributed by atoms with van der Waals surface area (Å²) in [5.74, 6) is 2.70. The third-order valence-electron chi connectivity index (χ3n) is 9.75. The molecule has 29 heavy (non-hydrogen) atoms. The Kier molecular flexibility index (Phi) is 4.92. The number of aliphatic hydroxyl groups is 2. The summed E-state index contributed by atoms with van der Waals surface area (Å²) in [6.07, 6.45) is 10.7. The summed E-state index contributed by atoms with van der Waals surface area (Å²) in [7, 11) is 0. The van der Waals surface area contributed by atoms with Gasteiger partial charge in [-0.2, -0.15) is 0 Å². The van der Waals surface area contributed by atoms with Crippen molar-refractivity contribution in [1.82, 2.24) is 0 Å². The fourth-order valence-corrected chi connectivity index (χ4v) is 8.22. The first-order valence-corrected chi connectivity index (χ1v) is 12.0. The van der Waals surface area contributed by atoms with Crippen molar-refractivity contribution in [2.75, 3.05) is 0 Å². The lowest BCUT2D eigenvalue weighted by atomic mass is 9.45. The average molecular weight is 415 g/mol. The number of hydrogen-bond acceptors (Lipinski definition) is 2. The topological polar surface area (TPSA) is 40.5 Å². The molecule has 4 aliphatic carbocycles. The van der Waals surface area contributed by atoms with E-state index in [1.54, 1.807) is 0 Å². The van der Waals surface area contributed by atoms with Gasteiger partial charge >= 0.3 is 0 Å². The standard InChI is InChI=1S/C26H35ClO2/c1-25-11-9-19(28)15-18(25)7-8-20-21(25)10-12-26(2)22(20)14-17(24(26)29)13-16-5-3-4-6-23(16)27/h3-6,13,18-22,24,28-29H,7-12,14-15H2,1-2H3. The summed E-state index contributed by atoms with van der Waals surface area (Å²) in [5.41, 5.74) is 2.58. The van der Waals surface area contributed by atoms with Crippen LogP contribution in [0.25, 0.3) is 6.08 Å². The lowest BCUT2D eigenvalue weighted by molar-refractivity contribution is -0.133. The van der Waals surface area contributed by atoms with Crippen molar-refractivity contribution < 1.29 is 10.2 Å². The number of benzene rings is 1. The molecule has 0 spiro atoms. The Hall–Kier alpha value is -0.830. The molecule has 1 aromatic rings. The number of hydrogen-bond donors (Lipinski definition) is 2. The van der Waals surface area contributed by atoms with E-state index in [-0.39, 0.29) is 17.6 Å². The largest absolute Gasteiger partial charge is 0.393 e. The van der Waals surface area contributed by atoms with E-state index < -0.39 is 0 Å². The number of halogens is 1. The van der Waals surface area contributed by atoms with Crippen molar-refractivity contribution in [3.05, 3.63) is 40.4 Å². The van der Waals surface area contributed by atoms with Crippen LogP contribution >= 0.6 is 11.6 Å². The van der Waals surface area contributed by atoms with Crippen LogP contribution in [0.1, 0.15) is 70.8 Å². The molecule has 8 atom stereocenters. The summed E-state index contributed by atoms with van der Waals surface area (Å²) >= 11 is 6.41. The zero-order valence-corrected chi connectivity index (χ0v) is 18.5. The molecule has 0 radical (unpaired) electrons. The van der Waals surface area contributed by atoms with E-state index in [2.05, 4.69) is 26.0 Å². The molecule has 4 aliphatic rings. The highest BCUT2D eigenvalue weighted by Gasteiger charge is 2.61. The summed E-state index contributed by atoms with van der Waals surface area (Å²) < 4.78 is 0. The van der Waals surface area contributed by atoms with E-state index in [1.165, 1.54) is 31.3 Å². The maximum absolute atomic E-state index is 11.4. The number of rotatable bonds is 1. The lowest BCUT2D eigenvalue weighted by Gasteiger charge is -2.60. The van der Waals surface area contributed by atoms with Gasteiger partial charge in [-0.05, 0) is 97.7 Å². The van der Waals surface area contributed by atoms with Crippen molar-refractivity contribution in [1.29, 1.82) is 0 Å². The molecule has 1 aromatic carbocycles. The van der Waals surface area contributed by atoms with Gasteiger partial charge in [0.25, 0.3) is 0 Å². The van der Waals surface area contributed by atoms with Gasteiger partial charge in [0.2, 0.25) is 0 Å². The average Bonchev–Trinajstić information content (AvgIpc) is 2.95. The highest BCUT2D eigenvalue weighted by Crippen LogP contribution is 2.67. The van der Waals surface area contributed by atoms with Gasteiger partial charge in [0.05, 0.1) is 12.2 Å². The maximum Gasteiger partial charge on any atom is 0.0809 e. The first-order chi connectivity index (χ1) is 13.8. The zero-order chi connectivity index (χ0) is 20.4. The Balaban J connectivity index is 1.45. The van der Waals surface area contributed by atoms with Crippen LogP contribution in [0.15, 0.2) is 29.8 Å². The molecular formula is C26H35ClO2. The molecule has 5 rings (SSSR count). The SMILES string of the molecule is CC12CCC(O)CC1CCC1C2CCC2(C)C(O)C(=Cc3ccccc3Cl)CC12. The molecule has 0 aliphatic heterocycles. The molecule has 3 heteroatoms. The van der Waals surface area contributed by atoms with Gasteiger partial charge in [-0.15, -0.1) is 0 Å². The van der Waals surface area contributed by atoms with Crippen molar-refractivity contribution in [2.45, 2.75) is 77.4 Å². The summed E-state index contributed by atoms with van der Waals surface area (Å²) in [6.45, 7) is 4.86. The Bertz CT molecular complexity index is 819. The smallest absolute Gasteiger partial charge is 0.0809 e. The highest BCUT2D eigenvalue weighted by atomic mass is 35.5. The Morgan fingerprint density at radius 2 is 1.72 bits per heavy atom. The second-order valence-corrected chi connectivity index (χ2v) is 11.4. The van der Waals surface area contributed by atoms with E-state index in [0.29, 0.717) is 23.2 Å². The van der Waals surface area contributed by atoms with Crippen LogP contribution in [0.2, 0.25) is 5.02 Å². The molecule has 0 saturated heterocycles. The quantitative estimate of drug-likeness (QED) is 0.583. The van der Waals surface area contributed by atoms with Crippen LogP contribution < -0.4 is 0 Å². The molecule has 0 bridgehead atoms. The van der Waals surface area contributed by atoms with Crippen LogP contribution in [0, 0.1) is 34.5 Å². The fourth-order valence-electron chi connectivity index (χ4n) is 8.03. The third-order valence-corrected chi connectivity index (χ3v) is 10.1. The van der Waals surface area contributed by atoms with E-state index in [9.17, 15) is 10.2 Å². The van der Waals surface area contributed by atoms with E-state index in [0.717, 1.165) is 42.2 Å². The minimum atomic E-state index is -0.358. The summed E-state index contributed by atoms with van der Waals surface area (Å²) in [4.78, 5) is 0. The number of fused-ring (bicyclic) bond motifs is 5. The molecule has 0 aromatic heterocycles. The van der Waals surface area contributed by atoms with Crippen LogP contribution in [0.3, 0.4) is 0 Å². The normalized spacial score (nSPS) is 48.1. The predicted molar refractivity (Wildman–Crippen MR) is 119 cm³/mol. The van der Waals surface area contributed by atoms with Gasteiger partial charge < -0.3 is 10.2 Å². The molecule has 158 valence electrons. The Morgan fingerprint density at radius 3 is 2.52 bits per heavy atom. The molecule has 0 heterocycles. The first-order valence-electron chi connectivity index (χ1n) is 11.6. The van der Waals surface area contributed by atoms with Gasteiger partial charge in [0.1, 0.15) is 0 Å². The van der Waals surface area contributed by atoms with Crippen molar-refractivity contribution in [2.24, 2.45) is 34.5 Å². The second kappa shape index (κ2) is 7.11. The maximum atomic E-state index is 11.4. The minimum absolute atomic E-state index is 0.00830. The zero-order valence-electron chi connectivity index (χ0n) is 17.8. The molecule has 2 nitrogen and oxygen atoms in total. The monoisotopic (exact) mass is 414 g/mol. The van der Waals surface area contributed by atoms with Crippen LogP contribution in [-0.4, -0.2) is 22.4 Å². The third kappa shape index (κ3) is 3.05.